The maximum atomic E-state index is 11.7. The van der Waals surface area contributed by atoms with Gasteiger partial charge in [-0.05, 0) is 19.4 Å². The van der Waals surface area contributed by atoms with Crippen LogP contribution < -0.4 is 16.4 Å². The second-order valence-electron chi connectivity index (χ2n) is 5.43. The fraction of sp³-hybridized carbons (Fsp3) is 0.333. The van der Waals surface area contributed by atoms with Crippen LogP contribution in [0, 0.1) is 0 Å². The number of amides is 2. The molecular weight excluding hydrogens is 314 g/mol. The average Bonchev–Trinajstić information content (AvgIpc) is 3.02. The van der Waals surface area contributed by atoms with E-state index in [0.717, 1.165) is 10.6 Å². The second kappa shape index (κ2) is 7.30. The van der Waals surface area contributed by atoms with E-state index in [9.17, 15) is 9.59 Å². The maximum absolute atomic E-state index is 11.7. The Hall–Kier alpha value is -2.32. The third-order valence-electron chi connectivity index (χ3n) is 3.33. The van der Waals surface area contributed by atoms with Gasteiger partial charge in [-0.3, -0.25) is 14.9 Å². The molecule has 0 saturated carbocycles. The molecule has 0 aliphatic rings. The molecule has 1 aromatic carbocycles. The third-order valence-corrected chi connectivity index (χ3v) is 4.50. The lowest BCUT2D eigenvalue weighted by atomic mass is 9.85. The van der Waals surface area contributed by atoms with E-state index in [2.05, 4.69) is 34.7 Å². The van der Waals surface area contributed by atoms with Gasteiger partial charge in [-0.15, -0.1) is 10.2 Å². The van der Waals surface area contributed by atoms with Gasteiger partial charge in [-0.25, -0.2) is 0 Å². The number of rotatable bonds is 6. The summed E-state index contributed by atoms with van der Waals surface area (Å²) in [5, 5.41) is 14.4. The van der Waals surface area contributed by atoms with Gasteiger partial charge < -0.3 is 11.1 Å². The van der Waals surface area contributed by atoms with E-state index in [0.29, 0.717) is 5.13 Å². The predicted octanol–water partition coefficient (Wildman–Crippen LogP) is 0.877. The van der Waals surface area contributed by atoms with Crippen LogP contribution >= 0.6 is 11.3 Å². The Morgan fingerprint density at radius 2 is 1.87 bits per heavy atom. The minimum atomic E-state index is -0.386. The Balaban J connectivity index is 2.03. The first-order valence-electron chi connectivity index (χ1n) is 7.09. The molecule has 0 fully saturated rings. The number of carbonyl (C=O) groups excluding carboxylic acids is 2. The normalized spacial score (nSPS) is 11.1. The van der Waals surface area contributed by atoms with Crippen LogP contribution in [-0.4, -0.2) is 35.1 Å². The van der Waals surface area contributed by atoms with Crippen LogP contribution in [0.1, 0.15) is 24.4 Å². The van der Waals surface area contributed by atoms with E-state index < -0.39 is 0 Å². The quantitative estimate of drug-likeness (QED) is 0.727. The van der Waals surface area contributed by atoms with Crippen molar-refractivity contribution in [2.45, 2.75) is 19.3 Å². The smallest absolute Gasteiger partial charge is 0.245 e. The summed E-state index contributed by atoms with van der Waals surface area (Å²) in [6.07, 6.45) is 0. The summed E-state index contributed by atoms with van der Waals surface area (Å²) in [5.41, 5.74) is 5.96. The molecule has 7 nitrogen and oxygen atoms in total. The molecule has 2 rings (SSSR count). The van der Waals surface area contributed by atoms with Crippen LogP contribution in [0.3, 0.4) is 0 Å². The number of hydrogen-bond acceptors (Lipinski definition) is 6. The number of nitrogens with one attached hydrogen (secondary N) is 2. The molecule has 0 unspecified atom stereocenters. The Bertz CT molecular complexity index is 684. The molecule has 0 bridgehead atoms. The topological polar surface area (TPSA) is 110 Å². The fourth-order valence-corrected chi connectivity index (χ4v) is 2.80. The zero-order valence-electron chi connectivity index (χ0n) is 13.0. The lowest BCUT2D eigenvalue weighted by Gasteiger charge is -2.21. The molecule has 122 valence electrons. The summed E-state index contributed by atoms with van der Waals surface area (Å²) >= 11 is 1.31. The molecule has 2 aromatic rings. The van der Waals surface area contributed by atoms with Gasteiger partial charge in [0.15, 0.2) is 0 Å². The Labute approximate surface area is 138 Å². The van der Waals surface area contributed by atoms with Gasteiger partial charge in [0.25, 0.3) is 0 Å². The number of anilines is 1. The molecule has 4 N–H and O–H groups in total. The molecule has 0 aliphatic heterocycles. The number of aromatic nitrogens is 2. The van der Waals surface area contributed by atoms with Crippen LogP contribution in [0.15, 0.2) is 30.3 Å². The molecule has 23 heavy (non-hydrogen) atoms. The summed E-state index contributed by atoms with van der Waals surface area (Å²) in [6, 6.07) is 9.97. The number of carbonyl (C=O) groups is 2. The Morgan fingerprint density at radius 3 is 2.52 bits per heavy atom. The van der Waals surface area contributed by atoms with E-state index in [1.54, 1.807) is 0 Å². The van der Waals surface area contributed by atoms with Gasteiger partial charge in [0.1, 0.15) is 5.01 Å². The number of nitrogens with zero attached hydrogens (tertiary/aromatic N) is 2. The predicted molar refractivity (Wildman–Crippen MR) is 89.2 cm³/mol. The fourth-order valence-electron chi connectivity index (χ4n) is 1.92. The van der Waals surface area contributed by atoms with Crippen molar-refractivity contribution < 1.29 is 9.59 Å². The van der Waals surface area contributed by atoms with E-state index in [-0.39, 0.29) is 30.3 Å². The zero-order valence-corrected chi connectivity index (χ0v) is 13.8. The van der Waals surface area contributed by atoms with Crippen molar-refractivity contribution in [3.05, 3.63) is 40.9 Å². The Kier molecular flexibility index (Phi) is 5.41. The number of benzene rings is 1. The summed E-state index contributed by atoms with van der Waals surface area (Å²) < 4.78 is 0. The summed E-state index contributed by atoms with van der Waals surface area (Å²) in [4.78, 5) is 22.8. The molecule has 0 radical (unpaired) electrons. The summed E-state index contributed by atoms with van der Waals surface area (Å²) in [7, 11) is 0. The Morgan fingerprint density at radius 1 is 1.17 bits per heavy atom. The van der Waals surface area contributed by atoms with Gasteiger partial charge in [0, 0.05) is 5.41 Å². The summed E-state index contributed by atoms with van der Waals surface area (Å²) in [6.45, 7) is 3.81. The van der Waals surface area contributed by atoms with Crippen molar-refractivity contribution in [2.75, 3.05) is 18.4 Å². The van der Waals surface area contributed by atoms with Crippen LogP contribution in [0.5, 0.6) is 0 Å². The van der Waals surface area contributed by atoms with Crippen molar-refractivity contribution in [1.29, 1.82) is 0 Å². The molecule has 0 spiro atoms. The minimum Gasteiger partial charge on any atom is -0.346 e. The zero-order chi connectivity index (χ0) is 16.9. The highest BCUT2D eigenvalue weighted by atomic mass is 32.1. The van der Waals surface area contributed by atoms with Crippen molar-refractivity contribution in [3.63, 3.8) is 0 Å². The highest BCUT2D eigenvalue weighted by molar-refractivity contribution is 7.15. The molecule has 1 heterocycles. The van der Waals surface area contributed by atoms with E-state index >= 15 is 0 Å². The van der Waals surface area contributed by atoms with Gasteiger partial charge in [0.05, 0.1) is 13.1 Å². The van der Waals surface area contributed by atoms with Gasteiger partial charge in [-0.2, -0.15) is 0 Å². The molecule has 0 aliphatic carbocycles. The second-order valence-corrected chi connectivity index (χ2v) is 6.41. The first-order valence-corrected chi connectivity index (χ1v) is 7.91. The van der Waals surface area contributed by atoms with Crippen molar-refractivity contribution in [1.82, 2.24) is 15.5 Å². The van der Waals surface area contributed by atoms with E-state index in [1.807, 2.05) is 30.3 Å². The first-order chi connectivity index (χ1) is 10.9. The van der Waals surface area contributed by atoms with E-state index in [1.165, 1.54) is 11.3 Å². The lowest BCUT2D eigenvalue weighted by Crippen LogP contribution is -2.36. The monoisotopic (exact) mass is 333 g/mol. The highest BCUT2D eigenvalue weighted by Crippen LogP contribution is 2.34. The maximum Gasteiger partial charge on any atom is 0.245 e. The largest absolute Gasteiger partial charge is 0.346 e. The molecule has 2 amide bonds. The van der Waals surface area contributed by atoms with Crippen molar-refractivity contribution in [3.8, 4) is 0 Å². The van der Waals surface area contributed by atoms with Crippen LogP contribution in [0.25, 0.3) is 0 Å². The first kappa shape index (κ1) is 17.0. The lowest BCUT2D eigenvalue weighted by molar-refractivity contribution is -0.123. The summed E-state index contributed by atoms with van der Waals surface area (Å²) in [5.74, 6) is -0.754. The van der Waals surface area contributed by atoms with Crippen molar-refractivity contribution >= 4 is 28.3 Å². The molecule has 0 atom stereocenters. The van der Waals surface area contributed by atoms with Crippen LogP contribution in [0.4, 0.5) is 5.13 Å². The molecular formula is C15H19N5O2S. The standard InChI is InChI=1S/C15H19N5O2S/c1-15(2,10-6-4-3-5-7-10)13-19-20-14(23-13)18-12(22)9-17-11(21)8-16/h3-7H,8-9,16H2,1-2H3,(H,17,21)(H,18,20,22). The third kappa shape index (κ3) is 4.33. The minimum absolute atomic E-state index is 0.146. The number of hydrogen-bond donors (Lipinski definition) is 3. The van der Waals surface area contributed by atoms with Crippen LogP contribution in [0.2, 0.25) is 0 Å². The van der Waals surface area contributed by atoms with E-state index in [4.69, 9.17) is 5.73 Å². The van der Waals surface area contributed by atoms with Gasteiger partial charge in [0.2, 0.25) is 16.9 Å². The van der Waals surface area contributed by atoms with Crippen molar-refractivity contribution in [2.24, 2.45) is 5.73 Å². The molecule has 1 aromatic heterocycles. The molecule has 0 saturated heterocycles. The molecule has 8 heteroatoms. The highest BCUT2D eigenvalue weighted by Gasteiger charge is 2.27. The number of nitrogens with two attached hydrogens (primary N) is 1. The van der Waals surface area contributed by atoms with Crippen LogP contribution in [-0.2, 0) is 15.0 Å². The SMILES string of the molecule is CC(C)(c1ccccc1)c1nnc(NC(=O)CNC(=O)CN)s1. The van der Waals surface area contributed by atoms with Gasteiger partial charge >= 0.3 is 0 Å². The average molecular weight is 333 g/mol. The van der Waals surface area contributed by atoms with Gasteiger partial charge in [-0.1, -0.05) is 41.7 Å².